The predicted molar refractivity (Wildman–Crippen MR) is 71.3 cm³/mol. The molecule has 0 aliphatic heterocycles. The average molecular weight is 315 g/mol. The maximum atomic E-state index is 13.6. The summed E-state index contributed by atoms with van der Waals surface area (Å²) < 4.78 is 14.4. The fourth-order valence-electron chi connectivity index (χ4n) is 1.70. The van der Waals surface area contributed by atoms with E-state index >= 15 is 0 Å². The van der Waals surface area contributed by atoms with Gasteiger partial charge in [0.2, 0.25) is 0 Å². The maximum Gasteiger partial charge on any atom is 0.127 e. The number of unbranched alkanes of at least 4 members (excludes halogenated alkanes) is 1. The van der Waals surface area contributed by atoms with Crippen molar-refractivity contribution < 1.29 is 9.50 Å². The molecule has 3 nitrogen and oxygen atoms in total. The Balaban J connectivity index is 2.64. The Morgan fingerprint density at radius 2 is 2.17 bits per heavy atom. The van der Waals surface area contributed by atoms with Gasteiger partial charge in [0.15, 0.2) is 0 Å². The van der Waals surface area contributed by atoms with Gasteiger partial charge in [-0.15, -0.1) is 0 Å². The monoisotopic (exact) mass is 314 g/mol. The smallest absolute Gasteiger partial charge is 0.127 e. The fraction of sp³-hybridized carbons (Fsp3) is 0.462. The zero-order chi connectivity index (χ0) is 13.4. The third-order valence-corrected chi connectivity index (χ3v) is 3.07. The first-order chi connectivity index (χ1) is 8.67. The van der Waals surface area contributed by atoms with Gasteiger partial charge in [-0.3, -0.25) is 4.90 Å². The molecule has 98 valence electrons. The number of hydrogen-bond donors (Lipinski definition) is 1. The molecule has 0 bridgehead atoms. The van der Waals surface area contributed by atoms with Crippen LogP contribution < -0.4 is 0 Å². The second kappa shape index (κ2) is 8.20. The number of nitrogens with zero attached hydrogens (tertiary/aromatic N) is 2. The van der Waals surface area contributed by atoms with E-state index in [1.54, 1.807) is 12.1 Å². The fourth-order valence-corrected chi connectivity index (χ4v) is 2.11. The predicted octanol–water partition coefficient (Wildman–Crippen LogP) is 2.69. The zero-order valence-corrected chi connectivity index (χ0v) is 11.7. The summed E-state index contributed by atoms with van der Waals surface area (Å²) in [4.78, 5) is 1.95. The van der Waals surface area contributed by atoms with Crippen molar-refractivity contribution in [2.24, 2.45) is 0 Å². The van der Waals surface area contributed by atoms with Gasteiger partial charge in [-0.2, -0.15) is 5.26 Å². The number of halogens is 2. The van der Waals surface area contributed by atoms with Crippen LogP contribution in [0.4, 0.5) is 4.39 Å². The van der Waals surface area contributed by atoms with Crippen LogP contribution in [0.15, 0.2) is 22.7 Å². The summed E-state index contributed by atoms with van der Waals surface area (Å²) >= 11 is 3.31. The Morgan fingerprint density at radius 1 is 1.39 bits per heavy atom. The Hall–Kier alpha value is -0.960. The molecule has 0 fully saturated rings. The summed E-state index contributed by atoms with van der Waals surface area (Å²) in [5.41, 5.74) is 0.592. The number of rotatable bonds is 7. The highest BCUT2D eigenvalue weighted by atomic mass is 79.9. The average Bonchev–Trinajstić information content (AvgIpc) is 2.34. The molecule has 1 N–H and O–H groups in total. The van der Waals surface area contributed by atoms with Crippen molar-refractivity contribution in [2.75, 3.05) is 19.7 Å². The van der Waals surface area contributed by atoms with Crippen LogP contribution in [-0.4, -0.2) is 29.7 Å². The Morgan fingerprint density at radius 3 is 2.83 bits per heavy atom. The second-order valence-corrected chi connectivity index (χ2v) is 4.91. The van der Waals surface area contributed by atoms with E-state index in [2.05, 4.69) is 22.0 Å². The normalized spacial score (nSPS) is 10.6. The van der Waals surface area contributed by atoms with E-state index in [-0.39, 0.29) is 12.4 Å². The minimum atomic E-state index is -0.249. The van der Waals surface area contributed by atoms with Gasteiger partial charge in [-0.1, -0.05) is 15.9 Å². The molecule has 0 spiro atoms. The number of nitriles is 1. The van der Waals surface area contributed by atoms with Crippen molar-refractivity contribution in [3.63, 3.8) is 0 Å². The van der Waals surface area contributed by atoms with Crippen LogP contribution in [0.2, 0.25) is 0 Å². The van der Waals surface area contributed by atoms with Gasteiger partial charge in [0.25, 0.3) is 0 Å². The summed E-state index contributed by atoms with van der Waals surface area (Å²) in [7, 11) is 0. The van der Waals surface area contributed by atoms with Crippen molar-refractivity contribution in [2.45, 2.75) is 19.4 Å². The molecular formula is C13H16BrFN2O. The van der Waals surface area contributed by atoms with Gasteiger partial charge < -0.3 is 5.11 Å². The molecule has 1 rings (SSSR count). The molecule has 0 unspecified atom stereocenters. The summed E-state index contributed by atoms with van der Waals surface area (Å²) in [5.74, 6) is -0.249. The van der Waals surface area contributed by atoms with Crippen LogP contribution >= 0.6 is 15.9 Å². The van der Waals surface area contributed by atoms with Gasteiger partial charge in [-0.25, -0.2) is 4.39 Å². The SMILES string of the molecule is N#CCCCN(CCO)Cc1cc(Br)ccc1F. The Labute approximate surface area is 115 Å². The molecule has 0 saturated carbocycles. The van der Waals surface area contributed by atoms with E-state index in [4.69, 9.17) is 10.4 Å². The Bertz CT molecular complexity index is 420. The highest BCUT2D eigenvalue weighted by Gasteiger charge is 2.09. The summed E-state index contributed by atoms with van der Waals surface area (Å²) in [5, 5.41) is 17.5. The first kappa shape index (κ1) is 15.1. The summed E-state index contributed by atoms with van der Waals surface area (Å²) in [6, 6.07) is 6.90. The quantitative estimate of drug-likeness (QED) is 0.787. The molecule has 0 aliphatic rings. The van der Waals surface area contributed by atoms with Crippen LogP contribution in [-0.2, 0) is 6.54 Å². The topological polar surface area (TPSA) is 47.3 Å². The Kier molecular flexibility index (Phi) is 6.88. The van der Waals surface area contributed by atoms with Crippen molar-refractivity contribution >= 4 is 15.9 Å². The standard InChI is InChI=1S/C13H16BrFN2O/c14-12-3-4-13(15)11(9-12)10-17(7-8-18)6-2-1-5-16/h3-4,9,18H,1-2,6-8,10H2. The van der Waals surface area contributed by atoms with Crippen LogP contribution in [0.5, 0.6) is 0 Å². The van der Waals surface area contributed by atoms with Crippen LogP contribution in [0, 0.1) is 17.1 Å². The third-order valence-electron chi connectivity index (χ3n) is 2.58. The highest BCUT2D eigenvalue weighted by molar-refractivity contribution is 9.10. The lowest BCUT2D eigenvalue weighted by atomic mass is 10.2. The molecule has 0 amide bonds. The van der Waals surface area contributed by atoms with Crippen LogP contribution in [0.1, 0.15) is 18.4 Å². The lowest BCUT2D eigenvalue weighted by Crippen LogP contribution is -2.28. The van der Waals surface area contributed by atoms with Gasteiger partial charge in [0, 0.05) is 29.5 Å². The molecular weight excluding hydrogens is 299 g/mol. The van der Waals surface area contributed by atoms with Crippen molar-refractivity contribution in [1.29, 1.82) is 5.26 Å². The van der Waals surface area contributed by atoms with Crippen molar-refractivity contribution in [3.8, 4) is 6.07 Å². The van der Waals surface area contributed by atoms with E-state index < -0.39 is 0 Å². The van der Waals surface area contributed by atoms with E-state index in [1.807, 2.05) is 4.90 Å². The van der Waals surface area contributed by atoms with Gasteiger partial charge in [0.05, 0.1) is 12.7 Å². The minimum Gasteiger partial charge on any atom is -0.395 e. The molecule has 0 radical (unpaired) electrons. The highest BCUT2D eigenvalue weighted by Crippen LogP contribution is 2.17. The molecule has 0 saturated heterocycles. The van der Waals surface area contributed by atoms with E-state index in [0.29, 0.717) is 31.6 Å². The first-order valence-electron chi connectivity index (χ1n) is 5.81. The molecule has 0 aromatic heterocycles. The summed E-state index contributed by atoms with van der Waals surface area (Å²) in [6.45, 7) is 1.64. The van der Waals surface area contributed by atoms with Gasteiger partial charge >= 0.3 is 0 Å². The van der Waals surface area contributed by atoms with Crippen molar-refractivity contribution in [3.05, 3.63) is 34.1 Å². The molecule has 5 heteroatoms. The lowest BCUT2D eigenvalue weighted by Gasteiger charge is -2.21. The van der Waals surface area contributed by atoms with E-state index in [9.17, 15) is 4.39 Å². The van der Waals surface area contributed by atoms with E-state index in [0.717, 1.165) is 10.9 Å². The van der Waals surface area contributed by atoms with Crippen LogP contribution in [0.25, 0.3) is 0 Å². The maximum absolute atomic E-state index is 13.6. The largest absolute Gasteiger partial charge is 0.395 e. The minimum absolute atomic E-state index is 0.0299. The number of benzene rings is 1. The number of aliphatic hydroxyl groups excluding tert-OH is 1. The lowest BCUT2D eigenvalue weighted by molar-refractivity contribution is 0.187. The summed E-state index contributed by atoms with van der Waals surface area (Å²) in [6.07, 6.45) is 1.20. The molecule has 0 atom stereocenters. The first-order valence-corrected chi connectivity index (χ1v) is 6.60. The molecule has 0 aliphatic carbocycles. The second-order valence-electron chi connectivity index (χ2n) is 4.00. The van der Waals surface area contributed by atoms with E-state index in [1.165, 1.54) is 6.07 Å². The zero-order valence-electron chi connectivity index (χ0n) is 10.1. The molecule has 18 heavy (non-hydrogen) atoms. The van der Waals surface area contributed by atoms with Crippen molar-refractivity contribution in [1.82, 2.24) is 4.90 Å². The van der Waals surface area contributed by atoms with Gasteiger partial charge in [0.1, 0.15) is 5.82 Å². The molecule has 1 aromatic carbocycles. The number of hydrogen-bond acceptors (Lipinski definition) is 3. The van der Waals surface area contributed by atoms with Crippen LogP contribution in [0.3, 0.4) is 0 Å². The van der Waals surface area contributed by atoms with Gasteiger partial charge in [-0.05, 0) is 31.2 Å². The number of aliphatic hydroxyl groups is 1. The molecule has 0 heterocycles. The third kappa shape index (κ3) is 5.13. The molecule has 1 aromatic rings.